The molecule has 0 N–H and O–H groups in total. The van der Waals surface area contributed by atoms with Gasteiger partial charge in [0.2, 0.25) is 5.76 Å². The molecule has 0 bridgehead atoms. The number of benzene rings is 2. The second kappa shape index (κ2) is 9.38. The molecule has 1 aromatic heterocycles. The Balaban J connectivity index is 1.86. The van der Waals surface area contributed by atoms with Crippen LogP contribution in [0.1, 0.15) is 29.5 Å². The van der Waals surface area contributed by atoms with Gasteiger partial charge in [0.15, 0.2) is 17.2 Å². The van der Waals surface area contributed by atoms with Gasteiger partial charge in [0, 0.05) is 0 Å². The van der Waals surface area contributed by atoms with Crippen molar-refractivity contribution >= 4 is 33.8 Å². The average Bonchev–Trinajstić information content (AvgIpc) is 3.07. The zero-order chi connectivity index (χ0) is 20.8. The van der Waals surface area contributed by atoms with Crippen LogP contribution in [0.25, 0.3) is 12.2 Å². The predicted molar refractivity (Wildman–Crippen MR) is 113 cm³/mol. The van der Waals surface area contributed by atoms with E-state index >= 15 is 0 Å². The molecule has 0 amide bonds. The summed E-state index contributed by atoms with van der Waals surface area (Å²) >= 11 is 3.53. The maximum absolute atomic E-state index is 11.2. The highest BCUT2D eigenvalue weighted by Crippen LogP contribution is 2.38. The summed E-state index contributed by atoms with van der Waals surface area (Å²) in [6.07, 6.45) is 3.21. The van der Waals surface area contributed by atoms with Crippen molar-refractivity contribution in [1.29, 1.82) is 0 Å². The number of nitro groups is 1. The Morgan fingerprint density at radius 1 is 1.21 bits per heavy atom. The highest BCUT2D eigenvalue weighted by Gasteiger charge is 2.22. The van der Waals surface area contributed by atoms with Crippen LogP contribution in [0.3, 0.4) is 0 Å². The molecule has 8 heteroatoms. The largest absolute Gasteiger partial charge is 0.490 e. The lowest BCUT2D eigenvalue weighted by Gasteiger charge is -2.14. The molecule has 0 saturated heterocycles. The molecule has 1 heterocycles. The number of ether oxygens (including phenoxy) is 2. The molecule has 0 fully saturated rings. The number of hydrogen-bond acceptors (Lipinski definition) is 6. The molecular weight excluding hydrogens is 440 g/mol. The van der Waals surface area contributed by atoms with Crippen molar-refractivity contribution in [2.45, 2.75) is 20.5 Å². The Morgan fingerprint density at radius 3 is 2.66 bits per heavy atom. The highest BCUT2D eigenvalue weighted by atomic mass is 79.9. The molecule has 7 nitrogen and oxygen atoms in total. The molecule has 0 spiro atoms. The van der Waals surface area contributed by atoms with Crippen LogP contribution in [-0.2, 0) is 6.61 Å². The van der Waals surface area contributed by atoms with Crippen LogP contribution in [0.2, 0.25) is 0 Å². The van der Waals surface area contributed by atoms with E-state index in [1.807, 2.05) is 43.3 Å². The van der Waals surface area contributed by atoms with Gasteiger partial charge in [0.05, 0.1) is 16.0 Å². The van der Waals surface area contributed by atoms with Crippen LogP contribution < -0.4 is 9.47 Å². The number of aromatic nitrogens is 1. The van der Waals surface area contributed by atoms with Gasteiger partial charge >= 0.3 is 5.69 Å². The van der Waals surface area contributed by atoms with Gasteiger partial charge in [0.1, 0.15) is 6.61 Å². The topological polar surface area (TPSA) is 87.6 Å². The van der Waals surface area contributed by atoms with Crippen LogP contribution in [0.15, 0.2) is 51.5 Å². The van der Waals surface area contributed by atoms with E-state index in [1.165, 1.54) is 13.0 Å². The van der Waals surface area contributed by atoms with E-state index in [9.17, 15) is 10.1 Å². The lowest BCUT2D eigenvalue weighted by atomic mass is 10.1. The molecule has 3 aromatic rings. The number of halogens is 1. The van der Waals surface area contributed by atoms with E-state index in [-0.39, 0.29) is 17.1 Å². The maximum atomic E-state index is 11.2. The summed E-state index contributed by atoms with van der Waals surface area (Å²) in [4.78, 5) is 10.7. The minimum atomic E-state index is -0.506. The lowest BCUT2D eigenvalue weighted by Crippen LogP contribution is -2.01. The first-order valence-electron chi connectivity index (χ1n) is 8.91. The molecule has 0 saturated carbocycles. The third-order valence-electron chi connectivity index (χ3n) is 4.02. The van der Waals surface area contributed by atoms with Crippen LogP contribution in [0, 0.1) is 17.0 Å². The fourth-order valence-corrected chi connectivity index (χ4v) is 3.28. The molecule has 29 heavy (non-hydrogen) atoms. The second-order valence-corrected chi connectivity index (χ2v) is 6.96. The minimum absolute atomic E-state index is 0.0889. The molecule has 150 valence electrons. The maximum Gasteiger partial charge on any atom is 0.338 e. The lowest BCUT2D eigenvalue weighted by molar-refractivity contribution is -0.386. The molecular formula is C21H19BrN2O5. The van der Waals surface area contributed by atoms with Gasteiger partial charge < -0.3 is 14.0 Å². The van der Waals surface area contributed by atoms with Gasteiger partial charge in [-0.15, -0.1) is 0 Å². The van der Waals surface area contributed by atoms with Crippen LogP contribution in [0.5, 0.6) is 11.5 Å². The third-order valence-corrected chi connectivity index (χ3v) is 4.61. The molecule has 0 unspecified atom stereocenters. The van der Waals surface area contributed by atoms with Crippen LogP contribution >= 0.6 is 15.9 Å². The number of nitrogens with zero attached hydrogens (tertiary/aromatic N) is 2. The highest BCUT2D eigenvalue weighted by molar-refractivity contribution is 9.10. The number of aryl methyl sites for hydroxylation is 1. The van der Waals surface area contributed by atoms with Crippen molar-refractivity contribution < 1.29 is 18.9 Å². The first-order chi connectivity index (χ1) is 14.0. The Kier molecular flexibility index (Phi) is 6.66. The molecule has 0 aliphatic rings. The molecule has 2 aromatic carbocycles. The average molecular weight is 459 g/mol. The SMILES string of the molecule is CCOc1cc(/C=C\c2onc(C)c2[N+](=O)[O-])cc(Br)c1OCc1ccccc1. The Morgan fingerprint density at radius 2 is 1.97 bits per heavy atom. The van der Waals surface area contributed by atoms with Crippen LogP contribution in [-0.4, -0.2) is 16.7 Å². The van der Waals surface area contributed by atoms with Crippen molar-refractivity contribution in [3.05, 3.63) is 79.6 Å². The molecule has 0 atom stereocenters. The van der Waals surface area contributed by atoms with Gasteiger partial charge in [-0.2, -0.15) is 0 Å². The first kappa shape index (κ1) is 20.6. The number of hydrogen-bond donors (Lipinski definition) is 0. The fourth-order valence-electron chi connectivity index (χ4n) is 2.70. The van der Waals surface area contributed by atoms with Gasteiger partial charge in [-0.05, 0) is 59.1 Å². The van der Waals surface area contributed by atoms with Crippen molar-refractivity contribution in [1.82, 2.24) is 5.16 Å². The van der Waals surface area contributed by atoms with E-state index in [1.54, 1.807) is 12.1 Å². The van der Waals surface area contributed by atoms with Gasteiger partial charge in [0.25, 0.3) is 0 Å². The van der Waals surface area contributed by atoms with Crippen molar-refractivity contribution in [2.24, 2.45) is 0 Å². The molecule has 0 aliphatic heterocycles. The monoisotopic (exact) mass is 458 g/mol. The normalized spacial score (nSPS) is 11.0. The molecule has 0 radical (unpaired) electrons. The summed E-state index contributed by atoms with van der Waals surface area (Å²) in [5, 5.41) is 14.8. The molecule has 3 rings (SSSR count). The predicted octanol–water partition coefficient (Wildman–Crippen LogP) is 5.80. The first-order valence-corrected chi connectivity index (χ1v) is 9.70. The van der Waals surface area contributed by atoms with Crippen molar-refractivity contribution in [3.8, 4) is 11.5 Å². The second-order valence-electron chi connectivity index (χ2n) is 6.11. The fraction of sp³-hybridized carbons (Fsp3) is 0.190. The van der Waals surface area contributed by atoms with Crippen molar-refractivity contribution in [2.75, 3.05) is 6.61 Å². The van der Waals surface area contributed by atoms with Crippen molar-refractivity contribution in [3.63, 3.8) is 0 Å². The third kappa shape index (κ3) is 5.03. The van der Waals surface area contributed by atoms with Gasteiger partial charge in [-0.3, -0.25) is 10.1 Å². The molecule has 0 aliphatic carbocycles. The quantitative estimate of drug-likeness (QED) is 0.313. The van der Waals surface area contributed by atoms with Gasteiger partial charge in [-0.25, -0.2) is 0 Å². The van der Waals surface area contributed by atoms with Crippen LogP contribution in [0.4, 0.5) is 5.69 Å². The van der Waals surface area contributed by atoms with E-state index < -0.39 is 4.92 Å². The Bertz CT molecular complexity index is 1030. The van der Waals surface area contributed by atoms with E-state index in [0.717, 1.165) is 11.1 Å². The summed E-state index contributed by atoms with van der Waals surface area (Å²) in [6, 6.07) is 13.5. The summed E-state index contributed by atoms with van der Waals surface area (Å²) < 4.78 is 17.5. The number of rotatable bonds is 8. The minimum Gasteiger partial charge on any atom is -0.490 e. The summed E-state index contributed by atoms with van der Waals surface area (Å²) in [6.45, 7) is 4.28. The smallest absolute Gasteiger partial charge is 0.338 e. The zero-order valence-corrected chi connectivity index (χ0v) is 17.5. The zero-order valence-electron chi connectivity index (χ0n) is 15.9. The van der Waals surface area contributed by atoms with E-state index in [0.29, 0.717) is 29.2 Å². The summed E-state index contributed by atoms with van der Waals surface area (Å²) in [5.74, 6) is 1.25. The summed E-state index contributed by atoms with van der Waals surface area (Å²) in [5.41, 5.74) is 1.89. The Hall–Kier alpha value is -3.13. The van der Waals surface area contributed by atoms with E-state index in [2.05, 4.69) is 21.1 Å². The Labute approximate surface area is 176 Å². The van der Waals surface area contributed by atoms with Gasteiger partial charge in [-0.1, -0.05) is 41.6 Å². The summed E-state index contributed by atoms with van der Waals surface area (Å²) in [7, 11) is 0. The van der Waals surface area contributed by atoms with E-state index in [4.69, 9.17) is 14.0 Å². The standard InChI is InChI=1S/C21H19BrN2O5/c1-3-27-19-12-16(9-10-18-20(24(25)26)14(2)23-29-18)11-17(22)21(19)28-13-15-7-5-4-6-8-15/h4-12H,3,13H2,1-2H3/b10-9-.